The lowest BCUT2D eigenvalue weighted by Crippen LogP contribution is -2.14. The van der Waals surface area contributed by atoms with E-state index in [1.807, 2.05) is 24.3 Å². The summed E-state index contributed by atoms with van der Waals surface area (Å²) in [4.78, 5) is 27.9. The third kappa shape index (κ3) is 4.24. The van der Waals surface area contributed by atoms with Crippen LogP contribution in [0.25, 0.3) is 11.3 Å². The van der Waals surface area contributed by atoms with Gasteiger partial charge in [-0.05, 0) is 48.5 Å². The Labute approximate surface area is 151 Å². The van der Waals surface area contributed by atoms with Gasteiger partial charge in [0.05, 0.1) is 5.69 Å². The van der Waals surface area contributed by atoms with Crippen LogP contribution in [-0.2, 0) is 4.79 Å². The van der Waals surface area contributed by atoms with E-state index in [9.17, 15) is 9.59 Å². The number of amides is 2. The Kier molecular flexibility index (Phi) is 4.94. The number of nitrogens with two attached hydrogens (primary N) is 1. The Bertz CT molecular complexity index is 952. The van der Waals surface area contributed by atoms with E-state index in [4.69, 9.17) is 5.73 Å². The lowest BCUT2D eigenvalue weighted by molar-refractivity contribution is -0.114. The molecule has 26 heavy (non-hydrogen) atoms. The molecule has 0 saturated heterocycles. The average Bonchev–Trinajstić information content (AvgIpc) is 2.63. The molecule has 0 aliphatic heterocycles. The van der Waals surface area contributed by atoms with E-state index in [0.29, 0.717) is 28.5 Å². The standard InChI is InChI=1S/C20H18N4O2/c1-13(25)22-16-8-10-17(11-9-16)23-20(26)19-7-3-6-18(24-19)14-4-2-5-15(21)12-14/h2-12H,21H2,1H3,(H,22,25)(H,23,26). The SMILES string of the molecule is CC(=O)Nc1ccc(NC(=O)c2cccc(-c3cccc(N)c3)n2)cc1. The van der Waals surface area contributed by atoms with Crippen LogP contribution in [0.2, 0.25) is 0 Å². The summed E-state index contributed by atoms with van der Waals surface area (Å²) < 4.78 is 0. The van der Waals surface area contributed by atoms with Crippen molar-refractivity contribution in [3.8, 4) is 11.3 Å². The third-order valence-electron chi connectivity index (χ3n) is 3.63. The van der Waals surface area contributed by atoms with Gasteiger partial charge in [0.15, 0.2) is 0 Å². The van der Waals surface area contributed by atoms with Crippen LogP contribution in [0.5, 0.6) is 0 Å². The highest BCUT2D eigenvalue weighted by molar-refractivity contribution is 6.03. The van der Waals surface area contributed by atoms with Crippen LogP contribution in [0, 0.1) is 0 Å². The molecular formula is C20H18N4O2. The van der Waals surface area contributed by atoms with E-state index in [1.165, 1.54) is 6.92 Å². The van der Waals surface area contributed by atoms with Gasteiger partial charge in [0.2, 0.25) is 5.91 Å². The second-order valence-corrected chi connectivity index (χ2v) is 5.75. The number of pyridine rings is 1. The van der Waals surface area contributed by atoms with Crippen molar-refractivity contribution in [1.29, 1.82) is 0 Å². The van der Waals surface area contributed by atoms with Crippen LogP contribution in [-0.4, -0.2) is 16.8 Å². The number of anilines is 3. The molecule has 2 amide bonds. The normalized spacial score (nSPS) is 10.2. The van der Waals surface area contributed by atoms with Crippen molar-refractivity contribution in [3.05, 3.63) is 72.4 Å². The summed E-state index contributed by atoms with van der Waals surface area (Å²) in [7, 11) is 0. The molecule has 2 aromatic carbocycles. The molecule has 0 fully saturated rings. The van der Waals surface area contributed by atoms with Crippen molar-refractivity contribution in [2.75, 3.05) is 16.4 Å². The maximum Gasteiger partial charge on any atom is 0.274 e. The number of carbonyl (C=O) groups excluding carboxylic acids is 2. The first-order valence-electron chi connectivity index (χ1n) is 8.03. The van der Waals surface area contributed by atoms with Gasteiger partial charge in [-0.25, -0.2) is 4.98 Å². The fraction of sp³-hybridized carbons (Fsp3) is 0.0500. The average molecular weight is 346 g/mol. The van der Waals surface area contributed by atoms with E-state index in [2.05, 4.69) is 15.6 Å². The minimum Gasteiger partial charge on any atom is -0.399 e. The predicted octanol–water partition coefficient (Wildman–Crippen LogP) is 3.54. The molecule has 0 spiro atoms. The summed E-state index contributed by atoms with van der Waals surface area (Å²) in [6.07, 6.45) is 0. The predicted molar refractivity (Wildman–Crippen MR) is 103 cm³/mol. The molecule has 4 N–H and O–H groups in total. The molecule has 130 valence electrons. The van der Waals surface area contributed by atoms with Crippen LogP contribution in [0.3, 0.4) is 0 Å². The second-order valence-electron chi connectivity index (χ2n) is 5.75. The number of nitrogens with one attached hydrogen (secondary N) is 2. The van der Waals surface area contributed by atoms with Gasteiger partial charge >= 0.3 is 0 Å². The summed E-state index contributed by atoms with van der Waals surface area (Å²) >= 11 is 0. The molecule has 1 heterocycles. The second kappa shape index (κ2) is 7.48. The molecule has 0 aliphatic rings. The summed E-state index contributed by atoms with van der Waals surface area (Å²) in [5, 5.41) is 5.46. The van der Waals surface area contributed by atoms with Crippen molar-refractivity contribution < 1.29 is 9.59 Å². The fourth-order valence-corrected chi connectivity index (χ4v) is 2.46. The van der Waals surface area contributed by atoms with Gasteiger partial charge in [-0.3, -0.25) is 9.59 Å². The fourth-order valence-electron chi connectivity index (χ4n) is 2.46. The number of hydrogen-bond donors (Lipinski definition) is 3. The highest BCUT2D eigenvalue weighted by atomic mass is 16.2. The minimum absolute atomic E-state index is 0.149. The zero-order chi connectivity index (χ0) is 18.5. The molecule has 0 saturated carbocycles. The van der Waals surface area contributed by atoms with Gasteiger partial charge in [0.1, 0.15) is 5.69 Å². The molecule has 0 aliphatic carbocycles. The van der Waals surface area contributed by atoms with Crippen molar-refractivity contribution in [1.82, 2.24) is 4.98 Å². The first-order chi connectivity index (χ1) is 12.5. The van der Waals surface area contributed by atoms with E-state index in [1.54, 1.807) is 42.5 Å². The summed E-state index contributed by atoms with van der Waals surface area (Å²) in [5.74, 6) is -0.465. The van der Waals surface area contributed by atoms with E-state index in [-0.39, 0.29) is 11.8 Å². The quantitative estimate of drug-likeness (QED) is 0.629. The van der Waals surface area contributed by atoms with E-state index >= 15 is 0 Å². The largest absolute Gasteiger partial charge is 0.399 e. The Hall–Kier alpha value is -3.67. The van der Waals surface area contributed by atoms with Crippen LogP contribution in [0.1, 0.15) is 17.4 Å². The smallest absolute Gasteiger partial charge is 0.274 e. The maximum absolute atomic E-state index is 12.5. The van der Waals surface area contributed by atoms with Crippen LogP contribution in [0.4, 0.5) is 17.1 Å². The lowest BCUT2D eigenvalue weighted by atomic mass is 10.1. The number of nitrogens with zero attached hydrogens (tertiary/aromatic N) is 1. The number of aromatic nitrogens is 1. The van der Waals surface area contributed by atoms with Crippen LogP contribution >= 0.6 is 0 Å². The number of benzene rings is 2. The Morgan fingerprint density at radius 1 is 0.885 bits per heavy atom. The molecule has 3 aromatic rings. The minimum atomic E-state index is -0.317. The summed E-state index contributed by atoms with van der Waals surface area (Å²) in [6.45, 7) is 1.44. The topological polar surface area (TPSA) is 97.1 Å². The van der Waals surface area contributed by atoms with Gasteiger partial charge in [-0.15, -0.1) is 0 Å². The summed E-state index contributed by atoms with van der Waals surface area (Å²) in [6, 6.07) is 19.5. The molecular weight excluding hydrogens is 328 g/mol. The van der Waals surface area contributed by atoms with Gasteiger partial charge in [0, 0.05) is 29.5 Å². The Morgan fingerprint density at radius 2 is 1.54 bits per heavy atom. The van der Waals surface area contributed by atoms with Crippen LogP contribution < -0.4 is 16.4 Å². The van der Waals surface area contributed by atoms with Crippen molar-refractivity contribution in [3.63, 3.8) is 0 Å². The molecule has 3 rings (SSSR count). The van der Waals surface area contributed by atoms with Gasteiger partial charge in [-0.1, -0.05) is 18.2 Å². The Morgan fingerprint density at radius 3 is 2.19 bits per heavy atom. The zero-order valence-electron chi connectivity index (χ0n) is 14.2. The molecule has 0 unspecified atom stereocenters. The maximum atomic E-state index is 12.5. The molecule has 0 radical (unpaired) electrons. The number of nitrogen functional groups attached to an aromatic ring is 1. The van der Waals surface area contributed by atoms with Gasteiger partial charge < -0.3 is 16.4 Å². The first kappa shape index (κ1) is 17.2. The monoisotopic (exact) mass is 346 g/mol. The van der Waals surface area contributed by atoms with E-state index < -0.39 is 0 Å². The number of rotatable bonds is 4. The molecule has 6 heteroatoms. The third-order valence-corrected chi connectivity index (χ3v) is 3.63. The molecule has 6 nitrogen and oxygen atoms in total. The Balaban J connectivity index is 1.76. The number of carbonyl (C=O) groups is 2. The van der Waals surface area contributed by atoms with E-state index in [0.717, 1.165) is 5.56 Å². The first-order valence-corrected chi connectivity index (χ1v) is 8.03. The molecule has 0 bridgehead atoms. The van der Waals surface area contributed by atoms with Gasteiger partial charge in [0.25, 0.3) is 5.91 Å². The van der Waals surface area contributed by atoms with Crippen molar-refractivity contribution in [2.45, 2.75) is 6.92 Å². The number of hydrogen-bond acceptors (Lipinski definition) is 4. The molecule has 0 atom stereocenters. The lowest BCUT2D eigenvalue weighted by Gasteiger charge is -2.08. The van der Waals surface area contributed by atoms with Crippen LogP contribution in [0.15, 0.2) is 66.7 Å². The highest BCUT2D eigenvalue weighted by Gasteiger charge is 2.10. The van der Waals surface area contributed by atoms with Gasteiger partial charge in [-0.2, -0.15) is 0 Å². The summed E-state index contributed by atoms with van der Waals surface area (Å²) in [5.41, 5.74) is 9.54. The zero-order valence-corrected chi connectivity index (χ0v) is 14.2. The highest BCUT2D eigenvalue weighted by Crippen LogP contribution is 2.20. The van der Waals surface area contributed by atoms with Crippen molar-refractivity contribution >= 4 is 28.9 Å². The molecule has 1 aromatic heterocycles. The van der Waals surface area contributed by atoms with Crippen molar-refractivity contribution in [2.24, 2.45) is 0 Å².